The van der Waals surface area contributed by atoms with Gasteiger partial charge in [0.25, 0.3) is 5.91 Å². The third-order valence-electron chi connectivity index (χ3n) is 2.99. The van der Waals surface area contributed by atoms with Gasteiger partial charge in [0.2, 0.25) is 0 Å². The van der Waals surface area contributed by atoms with E-state index in [0.29, 0.717) is 17.7 Å². The second-order valence-electron chi connectivity index (χ2n) is 4.62. The predicted molar refractivity (Wildman–Crippen MR) is 91.1 cm³/mol. The molecule has 0 aromatic heterocycles. The molecular weight excluding hydrogens is 316 g/mol. The lowest BCUT2D eigenvalue weighted by atomic mass is 10.1. The van der Waals surface area contributed by atoms with E-state index in [1.165, 1.54) is 5.56 Å². The summed E-state index contributed by atoms with van der Waals surface area (Å²) >= 11 is 7.59. The van der Waals surface area contributed by atoms with E-state index in [9.17, 15) is 4.79 Å². The molecule has 0 saturated heterocycles. The van der Waals surface area contributed by atoms with Crippen molar-refractivity contribution in [1.82, 2.24) is 5.32 Å². The first-order valence-corrected chi connectivity index (χ1v) is 8.33. The van der Waals surface area contributed by atoms with Crippen LogP contribution in [0.15, 0.2) is 48.5 Å². The number of nitrogens with one attached hydrogen (secondary N) is 1. The highest BCUT2D eigenvalue weighted by molar-refractivity contribution is 7.98. The average Bonchev–Trinajstić information content (AvgIpc) is 2.56. The Morgan fingerprint density at radius 1 is 1.14 bits per heavy atom. The van der Waals surface area contributed by atoms with Crippen LogP contribution in [-0.4, -0.2) is 18.2 Å². The minimum atomic E-state index is -0.114. The molecule has 0 atom stereocenters. The highest BCUT2D eigenvalue weighted by Crippen LogP contribution is 2.15. The number of hydrogen-bond donors (Lipinski definition) is 1. The van der Waals surface area contributed by atoms with Crippen LogP contribution >= 0.6 is 23.4 Å². The molecule has 0 aliphatic heterocycles. The standard InChI is InChI=1S/C17H15ClN2OS/c18-16-7-3-14(4-8-16)12-22-10-9-20-17(21)15-5-1-13(11-19)2-6-15/h1-8H,9-10,12H2,(H,20,21). The number of benzene rings is 2. The summed E-state index contributed by atoms with van der Waals surface area (Å²) in [4.78, 5) is 11.9. The van der Waals surface area contributed by atoms with Crippen LogP contribution in [-0.2, 0) is 5.75 Å². The lowest BCUT2D eigenvalue weighted by molar-refractivity contribution is 0.0956. The molecule has 0 heterocycles. The van der Waals surface area contributed by atoms with Crippen LogP contribution in [0.3, 0.4) is 0 Å². The van der Waals surface area contributed by atoms with Crippen molar-refractivity contribution >= 4 is 29.3 Å². The van der Waals surface area contributed by atoms with Gasteiger partial charge in [-0.25, -0.2) is 0 Å². The van der Waals surface area contributed by atoms with Gasteiger partial charge < -0.3 is 5.32 Å². The van der Waals surface area contributed by atoms with Crippen molar-refractivity contribution in [3.8, 4) is 6.07 Å². The van der Waals surface area contributed by atoms with E-state index in [2.05, 4.69) is 5.32 Å². The number of carbonyl (C=O) groups excluding carboxylic acids is 1. The third-order valence-corrected chi connectivity index (χ3v) is 4.27. The normalized spacial score (nSPS) is 10.0. The molecule has 0 aliphatic carbocycles. The van der Waals surface area contributed by atoms with Gasteiger partial charge in [0.05, 0.1) is 11.6 Å². The molecule has 1 N–H and O–H groups in total. The first-order chi connectivity index (χ1) is 10.7. The van der Waals surface area contributed by atoms with Crippen molar-refractivity contribution in [1.29, 1.82) is 5.26 Å². The first-order valence-electron chi connectivity index (χ1n) is 6.79. The second-order valence-corrected chi connectivity index (χ2v) is 6.17. The van der Waals surface area contributed by atoms with Gasteiger partial charge in [-0.05, 0) is 42.0 Å². The van der Waals surface area contributed by atoms with E-state index in [-0.39, 0.29) is 5.91 Å². The number of nitrogens with zero attached hydrogens (tertiary/aromatic N) is 1. The lowest BCUT2D eigenvalue weighted by Gasteiger charge is -2.05. The Labute approximate surface area is 139 Å². The van der Waals surface area contributed by atoms with Crippen LogP contribution in [0.1, 0.15) is 21.5 Å². The summed E-state index contributed by atoms with van der Waals surface area (Å²) in [6.45, 7) is 0.608. The Bertz CT molecular complexity index is 663. The van der Waals surface area contributed by atoms with Gasteiger partial charge in [0, 0.05) is 28.6 Å². The Morgan fingerprint density at radius 2 is 1.82 bits per heavy atom. The van der Waals surface area contributed by atoms with E-state index in [1.54, 1.807) is 36.0 Å². The van der Waals surface area contributed by atoms with Crippen molar-refractivity contribution in [2.45, 2.75) is 5.75 Å². The third kappa shape index (κ3) is 5.10. The first kappa shape index (κ1) is 16.4. The Hall–Kier alpha value is -1.96. The highest BCUT2D eigenvalue weighted by atomic mass is 35.5. The van der Waals surface area contributed by atoms with Crippen LogP contribution < -0.4 is 5.32 Å². The fraction of sp³-hybridized carbons (Fsp3) is 0.176. The molecule has 0 bridgehead atoms. The Balaban J connectivity index is 1.68. The summed E-state index contributed by atoms with van der Waals surface area (Å²) in [6.07, 6.45) is 0. The molecule has 0 unspecified atom stereocenters. The van der Waals surface area contributed by atoms with Crippen LogP contribution in [0.4, 0.5) is 0 Å². The van der Waals surface area contributed by atoms with Crippen LogP contribution in [0.25, 0.3) is 0 Å². The molecule has 0 spiro atoms. The van der Waals surface area contributed by atoms with Crippen molar-refractivity contribution in [2.24, 2.45) is 0 Å². The van der Waals surface area contributed by atoms with E-state index in [0.717, 1.165) is 16.5 Å². The smallest absolute Gasteiger partial charge is 0.251 e. The number of hydrogen-bond acceptors (Lipinski definition) is 3. The molecule has 0 saturated carbocycles. The molecule has 1 amide bonds. The predicted octanol–water partition coefficient (Wildman–Crippen LogP) is 3.87. The minimum Gasteiger partial charge on any atom is -0.351 e. The zero-order valence-electron chi connectivity index (χ0n) is 11.9. The molecule has 5 heteroatoms. The molecule has 0 radical (unpaired) electrons. The molecular formula is C17H15ClN2OS. The van der Waals surface area contributed by atoms with Crippen molar-refractivity contribution in [3.05, 3.63) is 70.2 Å². The van der Waals surface area contributed by atoms with Crippen LogP contribution in [0, 0.1) is 11.3 Å². The molecule has 112 valence electrons. The summed E-state index contributed by atoms with van der Waals surface area (Å²) in [6, 6.07) is 16.4. The quantitative estimate of drug-likeness (QED) is 0.818. The van der Waals surface area contributed by atoms with Crippen molar-refractivity contribution in [3.63, 3.8) is 0 Å². The largest absolute Gasteiger partial charge is 0.351 e. The van der Waals surface area contributed by atoms with Crippen LogP contribution in [0.2, 0.25) is 5.02 Å². The fourth-order valence-electron chi connectivity index (χ4n) is 1.81. The molecule has 2 aromatic rings. The number of nitriles is 1. The second kappa shape index (κ2) is 8.47. The number of rotatable bonds is 6. The molecule has 0 aliphatic rings. The van der Waals surface area contributed by atoms with E-state index in [4.69, 9.17) is 16.9 Å². The summed E-state index contributed by atoms with van der Waals surface area (Å²) in [5.74, 6) is 1.62. The highest BCUT2D eigenvalue weighted by Gasteiger charge is 2.04. The number of carbonyl (C=O) groups is 1. The Morgan fingerprint density at radius 3 is 2.45 bits per heavy atom. The molecule has 2 aromatic carbocycles. The summed E-state index contributed by atoms with van der Waals surface area (Å²) < 4.78 is 0. The van der Waals surface area contributed by atoms with Gasteiger partial charge in [-0.2, -0.15) is 17.0 Å². The zero-order chi connectivity index (χ0) is 15.8. The van der Waals surface area contributed by atoms with Crippen molar-refractivity contribution < 1.29 is 4.79 Å². The maximum absolute atomic E-state index is 11.9. The average molecular weight is 331 g/mol. The van der Waals surface area contributed by atoms with E-state index in [1.807, 2.05) is 30.3 Å². The maximum Gasteiger partial charge on any atom is 0.251 e. The van der Waals surface area contributed by atoms with Gasteiger partial charge in [0.15, 0.2) is 0 Å². The van der Waals surface area contributed by atoms with Crippen LogP contribution in [0.5, 0.6) is 0 Å². The molecule has 2 rings (SSSR count). The van der Waals surface area contributed by atoms with Gasteiger partial charge in [-0.1, -0.05) is 23.7 Å². The monoisotopic (exact) mass is 330 g/mol. The summed E-state index contributed by atoms with van der Waals surface area (Å²) in [5.41, 5.74) is 2.34. The zero-order valence-corrected chi connectivity index (χ0v) is 13.5. The lowest BCUT2D eigenvalue weighted by Crippen LogP contribution is -2.25. The minimum absolute atomic E-state index is 0.114. The van der Waals surface area contributed by atoms with Gasteiger partial charge in [-0.3, -0.25) is 4.79 Å². The number of thioether (sulfide) groups is 1. The van der Waals surface area contributed by atoms with Gasteiger partial charge >= 0.3 is 0 Å². The van der Waals surface area contributed by atoms with Gasteiger partial charge in [-0.15, -0.1) is 0 Å². The summed E-state index contributed by atoms with van der Waals surface area (Å²) in [5, 5.41) is 12.3. The van der Waals surface area contributed by atoms with Gasteiger partial charge in [0.1, 0.15) is 0 Å². The summed E-state index contributed by atoms with van der Waals surface area (Å²) in [7, 11) is 0. The fourth-order valence-corrected chi connectivity index (χ4v) is 2.75. The number of halogens is 1. The van der Waals surface area contributed by atoms with E-state index >= 15 is 0 Å². The van der Waals surface area contributed by atoms with Crippen molar-refractivity contribution in [2.75, 3.05) is 12.3 Å². The SMILES string of the molecule is N#Cc1ccc(C(=O)NCCSCc2ccc(Cl)cc2)cc1. The molecule has 3 nitrogen and oxygen atoms in total. The molecule has 0 fully saturated rings. The van der Waals surface area contributed by atoms with E-state index < -0.39 is 0 Å². The topological polar surface area (TPSA) is 52.9 Å². The number of amides is 1. The Kier molecular flexibility index (Phi) is 6.32. The maximum atomic E-state index is 11.9. The molecule has 22 heavy (non-hydrogen) atoms.